The number of amides is 1. The van der Waals surface area contributed by atoms with E-state index in [1.807, 2.05) is 13.8 Å². The molecule has 1 atom stereocenters. The predicted octanol–water partition coefficient (Wildman–Crippen LogP) is 1.38. The molecule has 1 aromatic carbocycles. The Labute approximate surface area is 143 Å². The van der Waals surface area contributed by atoms with Crippen molar-refractivity contribution in [3.8, 4) is 11.5 Å². The molecule has 0 saturated carbocycles. The van der Waals surface area contributed by atoms with Crippen molar-refractivity contribution < 1.29 is 22.7 Å². The van der Waals surface area contributed by atoms with Crippen LogP contribution in [-0.2, 0) is 14.8 Å². The third kappa shape index (κ3) is 4.39. The van der Waals surface area contributed by atoms with Crippen LogP contribution in [0.25, 0.3) is 0 Å². The summed E-state index contributed by atoms with van der Waals surface area (Å²) in [6, 6.07) is 4.59. The molecule has 0 radical (unpaired) electrons. The smallest absolute Gasteiger partial charge is 0.240 e. The number of hydrogen-bond acceptors (Lipinski definition) is 5. The Hall–Kier alpha value is -1.80. The summed E-state index contributed by atoms with van der Waals surface area (Å²) < 4.78 is 38.1. The van der Waals surface area contributed by atoms with Crippen LogP contribution in [0.2, 0.25) is 0 Å². The van der Waals surface area contributed by atoms with Gasteiger partial charge < -0.3 is 14.4 Å². The highest BCUT2D eigenvalue weighted by molar-refractivity contribution is 7.89. The van der Waals surface area contributed by atoms with Crippen LogP contribution in [0.15, 0.2) is 23.1 Å². The van der Waals surface area contributed by atoms with Crippen molar-refractivity contribution in [3.05, 3.63) is 18.2 Å². The van der Waals surface area contributed by atoms with Gasteiger partial charge in [0, 0.05) is 32.1 Å². The minimum Gasteiger partial charge on any atom is -0.486 e. The first-order valence-corrected chi connectivity index (χ1v) is 9.50. The largest absolute Gasteiger partial charge is 0.486 e. The van der Waals surface area contributed by atoms with Crippen molar-refractivity contribution in [2.75, 3.05) is 26.3 Å². The Bertz CT molecular complexity index is 690. The molecule has 1 aromatic rings. The maximum Gasteiger partial charge on any atom is 0.240 e. The van der Waals surface area contributed by atoms with Gasteiger partial charge in [0.15, 0.2) is 11.5 Å². The highest BCUT2D eigenvalue weighted by Crippen LogP contribution is 2.32. The first-order chi connectivity index (χ1) is 11.3. The molecule has 134 valence electrons. The SMILES string of the molecule is CCC(C)N(CCNS(=O)(=O)c1ccc2c(c1)OCCO2)C(C)=O. The van der Waals surface area contributed by atoms with E-state index in [-0.39, 0.29) is 23.4 Å². The second kappa shape index (κ2) is 7.85. The van der Waals surface area contributed by atoms with E-state index in [1.54, 1.807) is 11.0 Å². The lowest BCUT2D eigenvalue weighted by Crippen LogP contribution is -2.42. The van der Waals surface area contributed by atoms with E-state index in [9.17, 15) is 13.2 Å². The van der Waals surface area contributed by atoms with Crippen LogP contribution in [-0.4, -0.2) is 51.6 Å². The molecule has 1 N–H and O–H groups in total. The molecule has 1 aliphatic heterocycles. The van der Waals surface area contributed by atoms with E-state index in [4.69, 9.17) is 9.47 Å². The molecule has 1 heterocycles. The first-order valence-electron chi connectivity index (χ1n) is 8.01. The van der Waals surface area contributed by atoms with Crippen LogP contribution in [0.5, 0.6) is 11.5 Å². The zero-order valence-electron chi connectivity index (χ0n) is 14.2. The molecule has 1 aliphatic rings. The third-order valence-electron chi connectivity index (χ3n) is 4.00. The van der Waals surface area contributed by atoms with Gasteiger partial charge in [-0.15, -0.1) is 0 Å². The Kier molecular flexibility index (Phi) is 6.06. The molecule has 0 bridgehead atoms. The average molecular weight is 356 g/mol. The number of sulfonamides is 1. The van der Waals surface area contributed by atoms with Gasteiger partial charge in [-0.2, -0.15) is 0 Å². The van der Waals surface area contributed by atoms with Crippen molar-refractivity contribution in [3.63, 3.8) is 0 Å². The van der Waals surface area contributed by atoms with Gasteiger partial charge in [-0.1, -0.05) is 6.92 Å². The minimum absolute atomic E-state index is 0.0668. The Morgan fingerprint density at radius 3 is 2.58 bits per heavy atom. The van der Waals surface area contributed by atoms with E-state index in [0.717, 1.165) is 6.42 Å². The van der Waals surface area contributed by atoms with Crippen LogP contribution in [0.3, 0.4) is 0 Å². The fourth-order valence-corrected chi connectivity index (χ4v) is 3.52. The molecular weight excluding hydrogens is 332 g/mol. The molecule has 8 heteroatoms. The summed E-state index contributed by atoms with van der Waals surface area (Å²) in [4.78, 5) is 13.4. The average Bonchev–Trinajstić information content (AvgIpc) is 2.57. The lowest BCUT2D eigenvalue weighted by atomic mass is 10.2. The molecule has 0 aliphatic carbocycles. The van der Waals surface area contributed by atoms with Crippen LogP contribution in [0.1, 0.15) is 27.2 Å². The zero-order chi connectivity index (χ0) is 17.7. The summed E-state index contributed by atoms with van der Waals surface area (Å²) in [6.45, 7) is 6.74. The normalized spacial score (nSPS) is 15.0. The molecular formula is C16H24N2O5S. The zero-order valence-corrected chi connectivity index (χ0v) is 15.1. The Morgan fingerprint density at radius 1 is 1.29 bits per heavy atom. The number of carbonyl (C=O) groups is 1. The van der Waals surface area contributed by atoms with Crippen LogP contribution < -0.4 is 14.2 Å². The molecule has 1 unspecified atom stereocenters. The van der Waals surface area contributed by atoms with Gasteiger partial charge in [0.1, 0.15) is 13.2 Å². The van der Waals surface area contributed by atoms with Crippen LogP contribution >= 0.6 is 0 Å². The molecule has 0 saturated heterocycles. The highest BCUT2D eigenvalue weighted by Gasteiger charge is 2.20. The third-order valence-corrected chi connectivity index (χ3v) is 5.45. The van der Waals surface area contributed by atoms with Crippen LogP contribution in [0.4, 0.5) is 0 Å². The van der Waals surface area contributed by atoms with Gasteiger partial charge in [0.2, 0.25) is 15.9 Å². The topological polar surface area (TPSA) is 84.9 Å². The van der Waals surface area contributed by atoms with Crippen molar-refractivity contribution in [2.45, 2.75) is 38.1 Å². The van der Waals surface area contributed by atoms with Gasteiger partial charge in [-0.25, -0.2) is 13.1 Å². The summed E-state index contributed by atoms with van der Waals surface area (Å²) in [5.74, 6) is 0.900. The van der Waals surface area contributed by atoms with Gasteiger partial charge in [0.05, 0.1) is 4.90 Å². The van der Waals surface area contributed by atoms with Crippen molar-refractivity contribution in [1.82, 2.24) is 9.62 Å². The number of nitrogens with one attached hydrogen (secondary N) is 1. The van der Waals surface area contributed by atoms with E-state index < -0.39 is 10.0 Å². The fraction of sp³-hybridized carbons (Fsp3) is 0.562. The summed E-state index contributed by atoms with van der Waals surface area (Å²) in [6.07, 6.45) is 0.814. The summed E-state index contributed by atoms with van der Waals surface area (Å²) in [5.41, 5.74) is 0. The van der Waals surface area contributed by atoms with Gasteiger partial charge >= 0.3 is 0 Å². The quantitative estimate of drug-likeness (QED) is 0.798. The summed E-state index contributed by atoms with van der Waals surface area (Å²) in [5, 5.41) is 0. The van der Waals surface area contributed by atoms with Crippen molar-refractivity contribution >= 4 is 15.9 Å². The monoisotopic (exact) mass is 356 g/mol. The van der Waals surface area contributed by atoms with Crippen molar-refractivity contribution in [1.29, 1.82) is 0 Å². The summed E-state index contributed by atoms with van der Waals surface area (Å²) in [7, 11) is -3.67. The number of carbonyl (C=O) groups excluding carboxylic acids is 1. The fourth-order valence-electron chi connectivity index (χ4n) is 2.48. The highest BCUT2D eigenvalue weighted by atomic mass is 32.2. The molecule has 7 nitrogen and oxygen atoms in total. The van der Waals surface area contributed by atoms with Gasteiger partial charge in [0.25, 0.3) is 0 Å². The second-order valence-electron chi connectivity index (χ2n) is 5.67. The van der Waals surface area contributed by atoms with Gasteiger partial charge in [-0.05, 0) is 25.5 Å². The molecule has 2 rings (SSSR count). The standard InChI is InChI=1S/C16H24N2O5S/c1-4-12(2)18(13(3)19)8-7-17-24(20,21)14-5-6-15-16(11-14)23-10-9-22-15/h5-6,11-12,17H,4,7-10H2,1-3H3. The molecule has 24 heavy (non-hydrogen) atoms. The summed E-state index contributed by atoms with van der Waals surface area (Å²) >= 11 is 0. The number of nitrogens with zero attached hydrogens (tertiary/aromatic N) is 1. The Morgan fingerprint density at radius 2 is 1.96 bits per heavy atom. The number of hydrogen-bond donors (Lipinski definition) is 1. The van der Waals surface area contributed by atoms with Crippen molar-refractivity contribution in [2.24, 2.45) is 0 Å². The predicted molar refractivity (Wildman–Crippen MR) is 89.8 cm³/mol. The lowest BCUT2D eigenvalue weighted by molar-refractivity contribution is -0.130. The van der Waals surface area contributed by atoms with Gasteiger partial charge in [-0.3, -0.25) is 4.79 Å². The molecule has 1 amide bonds. The van der Waals surface area contributed by atoms with Crippen LogP contribution in [0, 0.1) is 0 Å². The molecule has 0 spiro atoms. The van der Waals surface area contributed by atoms with E-state index in [0.29, 0.717) is 31.3 Å². The number of rotatable bonds is 7. The minimum atomic E-state index is -3.67. The maximum absolute atomic E-state index is 12.4. The first kappa shape index (κ1) is 18.5. The van der Waals surface area contributed by atoms with E-state index >= 15 is 0 Å². The Balaban J connectivity index is 2.02. The number of benzene rings is 1. The van der Waals surface area contributed by atoms with E-state index in [2.05, 4.69) is 4.72 Å². The molecule has 0 aromatic heterocycles. The number of fused-ring (bicyclic) bond motifs is 1. The second-order valence-corrected chi connectivity index (χ2v) is 7.44. The molecule has 0 fully saturated rings. The number of ether oxygens (including phenoxy) is 2. The van der Waals surface area contributed by atoms with E-state index in [1.165, 1.54) is 19.1 Å². The maximum atomic E-state index is 12.4. The lowest BCUT2D eigenvalue weighted by Gasteiger charge is -2.27.